The van der Waals surface area contributed by atoms with Crippen molar-refractivity contribution >= 4 is 23.2 Å². The third-order valence-electron chi connectivity index (χ3n) is 3.35. The number of benzene rings is 2. The van der Waals surface area contributed by atoms with Crippen LogP contribution in [-0.4, -0.2) is 44.0 Å². The zero-order valence-electron chi connectivity index (χ0n) is 14.4. The highest BCUT2D eigenvalue weighted by molar-refractivity contribution is 5.93. The fraction of sp³-hybridized carbons (Fsp3) is 0.222. The molecule has 0 heterocycles. The molecular formula is C18H19F2N3O3. The Morgan fingerprint density at radius 3 is 2.62 bits per heavy atom. The van der Waals surface area contributed by atoms with E-state index in [1.807, 2.05) is 0 Å². The third-order valence-corrected chi connectivity index (χ3v) is 3.35. The van der Waals surface area contributed by atoms with E-state index in [4.69, 9.17) is 4.74 Å². The van der Waals surface area contributed by atoms with E-state index in [9.17, 15) is 18.4 Å². The highest BCUT2D eigenvalue weighted by Gasteiger charge is 2.09. The smallest absolute Gasteiger partial charge is 0.259 e. The molecule has 2 rings (SSSR count). The van der Waals surface area contributed by atoms with Gasteiger partial charge in [0.15, 0.2) is 6.61 Å². The van der Waals surface area contributed by atoms with Crippen LogP contribution < -0.4 is 15.4 Å². The number of ether oxygens (including phenoxy) is 1. The summed E-state index contributed by atoms with van der Waals surface area (Å²) < 4.78 is 32.0. The van der Waals surface area contributed by atoms with Crippen molar-refractivity contribution in [1.82, 2.24) is 4.90 Å². The van der Waals surface area contributed by atoms with E-state index in [2.05, 4.69) is 10.6 Å². The zero-order chi connectivity index (χ0) is 19.1. The van der Waals surface area contributed by atoms with E-state index in [0.717, 1.165) is 18.2 Å². The van der Waals surface area contributed by atoms with Crippen molar-refractivity contribution in [2.45, 2.75) is 0 Å². The van der Waals surface area contributed by atoms with Crippen molar-refractivity contribution < 1.29 is 23.1 Å². The fourth-order valence-electron chi connectivity index (χ4n) is 1.94. The largest absolute Gasteiger partial charge is 0.484 e. The quantitative estimate of drug-likeness (QED) is 0.793. The van der Waals surface area contributed by atoms with E-state index in [-0.39, 0.29) is 24.7 Å². The van der Waals surface area contributed by atoms with Crippen LogP contribution in [0.4, 0.5) is 20.2 Å². The van der Waals surface area contributed by atoms with Crippen LogP contribution in [0.25, 0.3) is 0 Å². The number of rotatable bonds is 7. The second-order valence-corrected chi connectivity index (χ2v) is 5.63. The molecule has 0 spiro atoms. The molecule has 0 radical (unpaired) electrons. The molecule has 0 fully saturated rings. The predicted molar refractivity (Wildman–Crippen MR) is 94.1 cm³/mol. The first-order valence-electron chi connectivity index (χ1n) is 7.77. The standard InChI is InChI=1S/C18H19F2N3O3/c1-23(2)18(25)11-26-14-5-3-4-13(9-14)21-10-17(24)22-16-8-12(19)6-7-15(16)20/h3-9,21H,10-11H2,1-2H3,(H,22,24). The van der Waals surface area contributed by atoms with Crippen molar-refractivity contribution in [1.29, 1.82) is 0 Å². The molecule has 0 saturated heterocycles. The molecule has 2 amide bonds. The number of carbonyl (C=O) groups is 2. The molecule has 0 aliphatic heterocycles. The number of likely N-dealkylation sites (N-methyl/N-ethyl adjacent to an activating group) is 1. The summed E-state index contributed by atoms with van der Waals surface area (Å²) in [4.78, 5) is 24.8. The average molecular weight is 363 g/mol. The Morgan fingerprint density at radius 2 is 1.88 bits per heavy atom. The molecule has 138 valence electrons. The molecule has 0 bridgehead atoms. The number of anilines is 2. The molecule has 6 nitrogen and oxygen atoms in total. The van der Waals surface area contributed by atoms with Gasteiger partial charge in [0.05, 0.1) is 12.2 Å². The monoisotopic (exact) mass is 363 g/mol. The first kappa shape index (κ1) is 19.2. The van der Waals surface area contributed by atoms with Crippen LogP contribution in [-0.2, 0) is 9.59 Å². The molecule has 0 unspecified atom stereocenters. The number of nitrogens with one attached hydrogen (secondary N) is 2. The van der Waals surface area contributed by atoms with Gasteiger partial charge >= 0.3 is 0 Å². The molecule has 2 aromatic carbocycles. The second kappa shape index (κ2) is 8.80. The first-order valence-corrected chi connectivity index (χ1v) is 7.77. The Bertz CT molecular complexity index is 797. The minimum absolute atomic E-state index is 0.101. The Balaban J connectivity index is 1.88. The van der Waals surface area contributed by atoms with Gasteiger partial charge in [-0.3, -0.25) is 9.59 Å². The number of hydrogen-bond donors (Lipinski definition) is 2. The fourth-order valence-corrected chi connectivity index (χ4v) is 1.94. The van der Waals surface area contributed by atoms with E-state index >= 15 is 0 Å². The Hall–Kier alpha value is -3.16. The lowest BCUT2D eigenvalue weighted by Crippen LogP contribution is -2.27. The maximum absolute atomic E-state index is 13.5. The number of amides is 2. The topological polar surface area (TPSA) is 70.7 Å². The van der Waals surface area contributed by atoms with Crippen molar-refractivity contribution in [2.75, 3.05) is 37.9 Å². The second-order valence-electron chi connectivity index (χ2n) is 5.63. The predicted octanol–water partition coefficient (Wildman–Crippen LogP) is 2.48. The van der Waals surface area contributed by atoms with Crippen LogP contribution in [0.15, 0.2) is 42.5 Å². The van der Waals surface area contributed by atoms with Gasteiger partial charge in [0.25, 0.3) is 5.91 Å². The maximum atomic E-state index is 13.5. The summed E-state index contributed by atoms with van der Waals surface area (Å²) in [5, 5.41) is 5.14. The van der Waals surface area contributed by atoms with Gasteiger partial charge < -0.3 is 20.3 Å². The number of nitrogens with zero attached hydrogens (tertiary/aromatic N) is 1. The molecule has 0 saturated carbocycles. The van der Waals surface area contributed by atoms with Crippen LogP contribution in [0.5, 0.6) is 5.75 Å². The molecule has 0 atom stereocenters. The normalized spacial score (nSPS) is 10.2. The van der Waals surface area contributed by atoms with Gasteiger partial charge in [-0.1, -0.05) is 6.07 Å². The Morgan fingerprint density at radius 1 is 1.12 bits per heavy atom. The van der Waals surface area contributed by atoms with Gasteiger partial charge in [0.2, 0.25) is 5.91 Å². The molecule has 2 aromatic rings. The molecule has 26 heavy (non-hydrogen) atoms. The SMILES string of the molecule is CN(C)C(=O)COc1cccc(NCC(=O)Nc2cc(F)ccc2F)c1. The van der Waals surface area contributed by atoms with Crippen molar-refractivity contribution in [3.05, 3.63) is 54.1 Å². The Kier molecular flexibility index (Phi) is 6.48. The minimum Gasteiger partial charge on any atom is -0.484 e. The lowest BCUT2D eigenvalue weighted by molar-refractivity contribution is -0.130. The van der Waals surface area contributed by atoms with Gasteiger partial charge in [-0.05, 0) is 24.3 Å². The van der Waals surface area contributed by atoms with E-state index in [0.29, 0.717) is 11.4 Å². The summed E-state index contributed by atoms with van der Waals surface area (Å²) in [6, 6.07) is 9.52. The molecule has 0 aromatic heterocycles. The summed E-state index contributed by atoms with van der Waals surface area (Å²) in [5.41, 5.74) is 0.353. The maximum Gasteiger partial charge on any atom is 0.259 e. The highest BCUT2D eigenvalue weighted by Crippen LogP contribution is 2.18. The molecule has 2 N–H and O–H groups in total. The summed E-state index contributed by atoms with van der Waals surface area (Å²) in [7, 11) is 3.26. The van der Waals surface area contributed by atoms with Crippen LogP contribution >= 0.6 is 0 Å². The van der Waals surface area contributed by atoms with E-state index in [1.54, 1.807) is 38.4 Å². The van der Waals surface area contributed by atoms with Crippen molar-refractivity contribution in [2.24, 2.45) is 0 Å². The van der Waals surface area contributed by atoms with Gasteiger partial charge in [-0.2, -0.15) is 0 Å². The van der Waals surface area contributed by atoms with Gasteiger partial charge in [-0.25, -0.2) is 8.78 Å². The van der Waals surface area contributed by atoms with Crippen LogP contribution in [0.1, 0.15) is 0 Å². The molecule has 8 heteroatoms. The van der Waals surface area contributed by atoms with E-state index < -0.39 is 17.5 Å². The molecule has 0 aliphatic rings. The van der Waals surface area contributed by atoms with Crippen LogP contribution in [0.2, 0.25) is 0 Å². The molecular weight excluding hydrogens is 344 g/mol. The average Bonchev–Trinajstić information content (AvgIpc) is 2.61. The van der Waals surface area contributed by atoms with Crippen LogP contribution in [0.3, 0.4) is 0 Å². The lowest BCUT2D eigenvalue weighted by Gasteiger charge is -2.12. The number of carbonyl (C=O) groups excluding carboxylic acids is 2. The van der Waals surface area contributed by atoms with Gasteiger partial charge in [-0.15, -0.1) is 0 Å². The summed E-state index contributed by atoms with van der Waals surface area (Å²) in [5.74, 6) is -1.63. The lowest BCUT2D eigenvalue weighted by atomic mass is 10.3. The Labute approximate surface area is 149 Å². The highest BCUT2D eigenvalue weighted by atomic mass is 19.1. The van der Waals surface area contributed by atoms with Crippen molar-refractivity contribution in [3.8, 4) is 5.75 Å². The van der Waals surface area contributed by atoms with Crippen molar-refractivity contribution in [3.63, 3.8) is 0 Å². The minimum atomic E-state index is -0.722. The third kappa shape index (κ3) is 5.73. The summed E-state index contributed by atoms with van der Waals surface area (Å²) in [6.45, 7) is -0.258. The van der Waals surface area contributed by atoms with Gasteiger partial charge in [0.1, 0.15) is 17.4 Å². The zero-order valence-corrected chi connectivity index (χ0v) is 14.4. The summed E-state index contributed by atoms with van der Waals surface area (Å²) in [6.07, 6.45) is 0. The molecule has 0 aliphatic carbocycles. The number of halogens is 2. The number of hydrogen-bond acceptors (Lipinski definition) is 4. The first-order chi connectivity index (χ1) is 12.3. The van der Waals surface area contributed by atoms with Gasteiger partial charge in [0, 0.05) is 31.9 Å². The summed E-state index contributed by atoms with van der Waals surface area (Å²) >= 11 is 0. The van der Waals surface area contributed by atoms with E-state index in [1.165, 1.54) is 4.90 Å². The van der Waals surface area contributed by atoms with Crippen LogP contribution in [0, 0.1) is 11.6 Å².